The molecule has 2 nitrogen and oxygen atoms in total. The zero-order valence-electron chi connectivity index (χ0n) is 12.2. The summed E-state index contributed by atoms with van der Waals surface area (Å²) in [5.74, 6) is -0.159. The summed E-state index contributed by atoms with van der Waals surface area (Å²) >= 11 is 3.81. The van der Waals surface area contributed by atoms with Gasteiger partial charge in [-0.15, -0.1) is 23.5 Å². The van der Waals surface area contributed by atoms with Crippen LogP contribution in [-0.2, 0) is 0 Å². The number of hydrogen-bond acceptors (Lipinski definition) is 3. The lowest BCUT2D eigenvalue weighted by Crippen LogP contribution is -2.12. The summed E-state index contributed by atoms with van der Waals surface area (Å²) in [7, 11) is 0. The highest BCUT2D eigenvalue weighted by Crippen LogP contribution is 2.44. The Kier molecular flexibility index (Phi) is 5.23. The summed E-state index contributed by atoms with van der Waals surface area (Å²) in [5.41, 5.74) is 1.91. The molecule has 2 aromatic carbocycles. The number of carbonyl (C=O) groups is 1. The van der Waals surface area contributed by atoms with Crippen LogP contribution in [0.25, 0.3) is 0 Å². The largest absolute Gasteiger partial charge is 0.322 e. The maximum atomic E-state index is 13.2. The number of amides is 1. The van der Waals surface area contributed by atoms with Gasteiger partial charge in [-0.3, -0.25) is 4.79 Å². The van der Waals surface area contributed by atoms with Crippen molar-refractivity contribution in [1.82, 2.24) is 0 Å². The maximum Gasteiger partial charge on any atom is 0.255 e. The molecule has 1 fully saturated rings. The first-order valence-corrected chi connectivity index (χ1v) is 9.33. The summed E-state index contributed by atoms with van der Waals surface area (Å²) in [5, 5.41) is 2.74. The summed E-state index contributed by atoms with van der Waals surface area (Å²) in [6.07, 6.45) is 1.22. The van der Waals surface area contributed by atoms with E-state index in [0.29, 0.717) is 10.3 Å². The van der Waals surface area contributed by atoms with E-state index in [9.17, 15) is 13.6 Å². The van der Waals surface area contributed by atoms with Crippen molar-refractivity contribution >= 4 is 35.1 Å². The second-order valence-electron chi connectivity index (χ2n) is 5.14. The number of thioether (sulfide) groups is 2. The molecule has 1 amide bonds. The molecule has 0 atom stereocenters. The van der Waals surface area contributed by atoms with Gasteiger partial charge in [0.05, 0.1) is 4.58 Å². The number of benzene rings is 2. The average Bonchev–Trinajstić information content (AvgIpc) is 2.58. The Hall–Kier alpha value is -1.53. The Balaban J connectivity index is 1.74. The Morgan fingerprint density at radius 1 is 1.04 bits per heavy atom. The molecule has 0 unspecified atom stereocenters. The van der Waals surface area contributed by atoms with Crippen LogP contribution in [0.15, 0.2) is 42.5 Å². The van der Waals surface area contributed by atoms with E-state index in [-0.39, 0.29) is 5.56 Å². The Labute approximate surface area is 142 Å². The van der Waals surface area contributed by atoms with E-state index in [1.807, 2.05) is 41.7 Å². The molecule has 1 heterocycles. The molecule has 0 saturated carbocycles. The molecule has 0 spiro atoms. The van der Waals surface area contributed by atoms with Gasteiger partial charge in [-0.25, -0.2) is 8.78 Å². The molecule has 1 aliphatic heterocycles. The van der Waals surface area contributed by atoms with E-state index in [1.54, 1.807) is 6.07 Å². The van der Waals surface area contributed by atoms with E-state index < -0.39 is 17.5 Å². The second-order valence-corrected chi connectivity index (χ2v) is 7.86. The van der Waals surface area contributed by atoms with Gasteiger partial charge in [0.2, 0.25) is 0 Å². The lowest BCUT2D eigenvalue weighted by molar-refractivity contribution is 0.102. The van der Waals surface area contributed by atoms with Crippen molar-refractivity contribution in [3.63, 3.8) is 0 Å². The lowest BCUT2D eigenvalue weighted by Gasteiger charge is -2.21. The fourth-order valence-corrected chi connectivity index (χ4v) is 5.16. The molecular formula is C17H15F2NOS2. The fraction of sp³-hybridized carbons (Fsp3) is 0.235. The molecule has 0 bridgehead atoms. The number of nitrogens with one attached hydrogen (secondary N) is 1. The van der Waals surface area contributed by atoms with Gasteiger partial charge in [0.15, 0.2) is 11.6 Å². The summed E-state index contributed by atoms with van der Waals surface area (Å²) in [4.78, 5) is 12.2. The number of carbonyl (C=O) groups excluding carboxylic acids is 1. The normalized spacial score (nSPS) is 15.4. The monoisotopic (exact) mass is 351 g/mol. The third-order valence-corrected chi connectivity index (χ3v) is 6.44. The number of hydrogen-bond donors (Lipinski definition) is 1. The predicted octanol–water partition coefficient (Wildman–Crippen LogP) is 5.09. The molecule has 6 heteroatoms. The number of rotatable bonds is 3. The maximum absolute atomic E-state index is 13.2. The summed E-state index contributed by atoms with van der Waals surface area (Å²) in [6, 6.07) is 10.8. The lowest BCUT2D eigenvalue weighted by atomic mass is 10.1. The van der Waals surface area contributed by atoms with Gasteiger partial charge < -0.3 is 5.32 Å². The van der Waals surface area contributed by atoms with Crippen molar-refractivity contribution in [2.45, 2.75) is 11.0 Å². The second kappa shape index (κ2) is 7.36. The van der Waals surface area contributed by atoms with Crippen LogP contribution in [0, 0.1) is 11.6 Å². The molecule has 120 valence electrons. The van der Waals surface area contributed by atoms with Crippen molar-refractivity contribution in [1.29, 1.82) is 0 Å². The Morgan fingerprint density at radius 2 is 1.83 bits per heavy atom. The third kappa shape index (κ3) is 4.06. The van der Waals surface area contributed by atoms with Crippen molar-refractivity contribution < 1.29 is 13.6 Å². The Morgan fingerprint density at radius 3 is 2.57 bits per heavy atom. The molecule has 1 saturated heterocycles. The molecule has 23 heavy (non-hydrogen) atoms. The van der Waals surface area contributed by atoms with Crippen LogP contribution < -0.4 is 5.32 Å². The van der Waals surface area contributed by atoms with Crippen molar-refractivity contribution in [3.8, 4) is 0 Å². The highest BCUT2D eigenvalue weighted by Gasteiger charge is 2.17. The van der Waals surface area contributed by atoms with Crippen LogP contribution in [0.1, 0.15) is 26.9 Å². The van der Waals surface area contributed by atoms with Crippen LogP contribution in [0.5, 0.6) is 0 Å². The van der Waals surface area contributed by atoms with Crippen LogP contribution in [0.2, 0.25) is 0 Å². The summed E-state index contributed by atoms with van der Waals surface area (Å²) < 4.78 is 26.5. The molecule has 0 radical (unpaired) electrons. The van der Waals surface area contributed by atoms with E-state index in [1.165, 1.54) is 12.5 Å². The van der Waals surface area contributed by atoms with Crippen molar-refractivity contribution in [2.75, 3.05) is 16.8 Å². The van der Waals surface area contributed by atoms with Gasteiger partial charge >= 0.3 is 0 Å². The molecule has 3 rings (SSSR count). The van der Waals surface area contributed by atoms with E-state index in [2.05, 4.69) is 5.32 Å². The molecule has 2 aromatic rings. The van der Waals surface area contributed by atoms with E-state index >= 15 is 0 Å². The first kappa shape index (κ1) is 16.3. The van der Waals surface area contributed by atoms with Crippen LogP contribution in [0.3, 0.4) is 0 Å². The highest BCUT2D eigenvalue weighted by atomic mass is 32.2. The average molecular weight is 351 g/mol. The molecule has 0 aromatic heterocycles. The van der Waals surface area contributed by atoms with Gasteiger partial charge in [0.25, 0.3) is 5.91 Å². The molecule has 1 N–H and O–H groups in total. The van der Waals surface area contributed by atoms with Crippen LogP contribution in [0.4, 0.5) is 14.5 Å². The van der Waals surface area contributed by atoms with Gasteiger partial charge in [-0.1, -0.05) is 12.1 Å². The predicted molar refractivity (Wildman–Crippen MR) is 93.0 cm³/mol. The quantitative estimate of drug-likeness (QED) is 0.835. The smallest absolute Gasteiger partial charge is 0.255 e. The fourth-order valence-electron chi connectivity index (χ4n) is 2.28. The highest BCUT2D eigenvalue weighted by molar-refractivity contribution is 8.16. The van der Waals surface area contributed by atoms with E-state index in [4.69, 9.17) is 0 Å². The summed E-state index contributed by atoms with van der Waals surface area (Å²) in [6.45, 7) is 0. The Bertz CT molecular complexity index is 717. The van der Waals surface area contributed by atoms with Gasteiger partial charge in [0, 0.05) is 11.3 Å². The zero-order valence-corrected chi connectivity index (χ0v) is 13.9. The van der Waals surface area contributed by atoms with Crippen molar-refractivity contribution in [3.05, 3.63) is 65.2 Å². The third-order valence-electron chi connectivity index (χ3n) is 3.43. The number of halogens is 2. The number of anilines is 1. The van der Waals surface area contributed by atoms with Crippen molar-refractivity contribution in [2.24, 2.45) is 0 Å². The molecule has 0 aliphatic carbocycles. The first-order chi connectivity index (χ1) is 11.1. The molecular weight excluding hydrogens is 336 g/mol. The minimum Gasteiger partial charge on any atom is -0.322 e. The zero-order chi connectivity index (χ0) is 16.2. The van der Waals surface area contributed by atoms with Gasteiger partial charge in [-0.2, -0.15) is 0 Å². The minimum atomic E-state index is -1.03. The van der Waals surface area contributed by atoms with Crippen LogP contribution in [-0.4, -0.2) is 17.4 Å². The topological polar surface area (TPSA) is 29.1 Å². The van der Waals surface area contributed by atoms with Gasteiger partial charge in [0.1, 0.15) is 0 Å². The van der Waals surface area contributed by atoms with E-state index in [0.717, 1.165) is 29.2 Å². The minimum absolute atomic E-state index is 0.0933. The molecule has 1 aliphatic rings. The van der Waals surface area contributed by atoms with Gasteiger partial charge in [-0.05, 0) is 53.8 Å². The van der Waals surface area contributed by atoms with Crippen LogP contribution >= 0.6 is 23.5 Å². The standard InChI is InChI=1S/C17H15F2NOS2/c18-14-6-5-11(10-15(14)19)16(21)20-13-4-1-3-12(9-13)17-22-7-2-8-23-17/h1,3-6,9-10,17H,2,7-8H2,(H,20,21). The first-order valence-electron chi connectivity index (χ1n) is 7.23. The SMILES string of the molecule is O=C(Nc1cccc(C2SCCCS2)c1)c1ccc(F)c(F)c1.